The van der Waals surface area contributed by atoms with Gasteiger partial charge in [-0.2, -0.15) is 0 Å². The third-order valence-electron chi connectivity index (χ3n) is 4.47. The molecule has 9 heteroatoms. The average Bonchev–Trinajstić information content (AvgIpc) is 3.05. The third-order valence-corrected chi connectivity index (χ3v) is 4.77. The van der Waals surface area contributed by atoms with Gasteiger partial charge in [0.25, 0.3) is 0 Å². The van der Waals surface area contributed by atoms with Gasteiger partial charge in [-0.3, -0.25) is 4.90 Å². The van der Waals surface area contributed by atoms with Crippen molar-refractivity contribution in [3.63, 3.8) is 0 Å². The second-order valence-corrected chi connectivity index (χ2v) is 8.15. The summed E-state index contributed by atoms with van der Waals surface area (Å²) in [7, 11) is 1.51. The summed E-state index contributed by atoms with van der Waals surface area (Å²) in [4.78, 5) is 29.4. The predicted molar refractivity (Wildman–Crippen MR) is 107 cm³/mol. The largest absolute Gasteiger partial charge is 0.493 e. The summed E-state index contributed by atoms with van der Waals surface area (Å²) >= 11 is 6.18. The minimum atomic E-state index is -1.11. The molecule has 29 heavy (non-hydrogen) atoms. The summed E-state index contributed by atoms with van der Waals surface area (Å²) in [5, 5.41) is 11.4. The molecule has 2 unspecified atom stereocenters. The molecular formula is C20H23ClN2O6. The average molecular weight is 423 g/mol. The summed E-state index contributed by atoms with van der Waals surface area (Å²) < 4.78 is 16.8. The molecule has 8 nitrogen and oxygen atoms in total. The Hall–Kier alpha value is -2.74. The molecular weight excluding hydrogens is 400 g/mol. The number of rotatable bonds is 4. The molecule has 2 heterocycles. The van der Waals surface area contributed by atoms with Gasteiger partial charge in [-0.05, 0) is 44.4 Å². The number of benzene rings is 1. The summed E-state index contributed by atoms with van der Waals surface area (Å²) in [6.07, 6.45) is 0.480. The second-order valence-electron chi connectivity index (χ2n) is 7.79. The number of methoxy groups -OCH3 is 1. The highest BCUT2D eigenvalue weighted by Gasteiger charge is 2.43. The molecule has 3 rings (SSSR count). The van der Waals surface area contributed by atoms with E-state index >= 15 is 0 Å². The van der Waals surface area contributed by atoms with E-state index < -0.39 is 29.8 Å². The summed E-state index contributed by atoms with van der Waals surface area (Å²) in [5.74, 6) is -0.239. The van der Waals surface area contributed by atoms with Crippen molar-refractivity contribution in [3.05, 3.63) is 29.5 Å². The summed E-state index contributed by atoms with van der Waals surface area (Å²) in [5.41, 5.74) is -0.732. The van der Waals surface area contributed by atoms with Gasteiger partial charge >= 0.3 is 12.1 Å². The molecule has 2 atom stereocenters. The number of ether oxygens (including phenoxy) is 3. The molecule has 0 aliphatic carbocycles. The fourth-order valence-corrected chi connectivity index (χ4v) is 3.44. The van der Waals surface area contributed by atoms with Gasteiger partial charge in [0.1, 0.15) is 22.9 Å². The number of carboxylic acids is 1. The Morgan fingerprint density at radius 2 is 2.00 bits per heavy atom. The van der Waals surface area contributed by atoms with Crippen LogP contribution in [0.3, 0.4) is 0 Å². The Kier molecular flexibility index (Phi) is 5.75. The van der Waals surface area contributed by atoms with Crippen LogP contribution in [0.5, 0.6) is 11.5 Å². The van der Waals surface area contributed by atoms with E-state index in [1.807, 2.05) is 0 Å². The smallest absolute Gasteiger partial charge is 0.411 e. The van der Waals surface area contributed by atoms with Gasteiger partial charge < -0.3 is 19.3 Å². The fourth-order valence-electron chi connectivity index (χ4n) is 3.22. The minimum Gasteiger partial charge on any atom is -0.493 e. The molecule has 0 bridgehead atoms. The first-order valence-corrected chi connectivity index (χ1v) is 9.48. The number of carbonyl (C=O) groups is 2. The number of nitrogens with zero attached hydrogens (tertiary/aromatic N) is 2. The van der Waals surface area contributed by atoms with Crippen LogP contribution in [0.4, 0.5) is 4.79 Å². The first kappa shape index (κ1) is 21.0. The summed E-state index contributed by atoms with van der Waals surface area (Å²) in [6, 6.07) is 4.24. The number of halogens is 1. The molecule has 1 aromatic carbocycles. The van der Waals surface area contributed by atoms with Crippen molar-refractivity contribution >= 4 is 34.4 Å². The van der Waals surface area contributed by atoms with Gasteiger partial charge in [-0.25, -0.2) is 14.6 Å². The van der Waals surface area contributed by atoms with E-state index in [0.29, 0.717) is 22.0 Å². The maximum Gasteiger partial charge on any atom is 0.411 e. The van der Waals surface area contributed by atoms with Crippen LogP contribution in [-0.2, 0) is 9.53 Å². The van der Waals surface area contributed by atoms with Gasteiger partial charge in [-0.15, -0.1) is 0 Å². The van der Waals surface area contributed by atoms with Gasteiger partial charge in [0, 0.05) is 18.0 Å². The number of hydrogen-bond donors (Lipinski definition) is 1. The molecule has 1 aromatic heterocycles. The van der Waals surface area contributed by atoms with Gasteiger partial charge in [0.05, 0.1) is 13.7 Å². The molecule has 1 aliphatic rings. The van der Waals surface area contributed by atoms with Crippen LogP contribution in [0.25, 0.3) is 10.8 Å². The van der Waals surface area contributed by atoms with Crippen LogP contribution < -0.4 is 9.47 Å². The Morgan fingerprint density at radius 1 is 1.28 bits per heavy atom. The highest BCUT2D eigenvalue weighted by atomic mass is 35.5. The van der Waals surface area contributed by atoms with E-state index in [0.717, 1.165) is 5.39 Å². The highest BCUT2D eigenvalue weighted by Crippen LogP contribution is 2.36. The molecule has 0 saturated carbocycles. The minimum absolute atomic E-state index is 0.0772. The lowest BCUT2D eigenvalue weighted by Gasteiger charge is -2.26. The zero-order valence-electron chi connectivity index (χ0n) is 16.6. The number of carbonyl (C=O) groups excluding carboxylic acids is 1. The zero-order chi connectivity index (χ0) is 21.3. The van der Waals surface area contributed by atoms with Gasteiger partial charge in [0.2, 0.25) is 0 Å². The van der Waals surface area contributed by atoms with E-state index in [2.05, 4.69) is 4.98 Å². The second kappa shape index (κ2) is 7.94. The first-order valence-electron chi connectivity index (χ1n) is 9.10. The van der Waals surface area contributed by atoms with E-state index in [-0.39, 0.29) is 13.0 Å². The third kappa shape index (κ3) is 4.64. The number of aromatic nitrogens is 1. The van der Waals surface area contributed by atoms with Gasteiger partial charge in [-0.1, -0.05) is 11.6 Å². The van der Waals surface area contributed by atoms with Crippen LogP contribution in [0.2, 0.25) is 5.15 Å². The number of carboxylic acid groups (broad SMARTS) is 1. The SMILES string of the molecule is COc1cc2ccnc(Cl)c2cc1OC1CC(C(=O)O)N(C(=O)OC(C)(C)C)C1. The molecule has 1 fully saturated rings. The van der Waals surface area contributed by atoms with Crippen LogP contribution in [0.1, 0.15) is 27.2 Å². The predicted octanol–water partition coefficient (Wildman–Crippen LogP) is 3.74. The Balaban J connectivity index is 1.86. The van der Waals surface area contributed by atoms with Crippen LogP contribution in [0, 0.1) is 0 Å². The number of pyridine rings is 1. The first-order chi connectivity index (χ1) is 13.6. The van der Waals surface area contributed by atoms with Crippen LogP contribution in [-0.4, -0.2) is 58.5 Å². The number of fused-ring (bicyclic) bond motifs is 1. The molecule has 2 aromatic rings. The van der Waals surface area contributed by atoms with E-state index in [1.54, 1.807) is 45.2 Å². The molecule has 1 aliphatic heterocycles. The number of aliphatic carboxylic acids is 1. The Morgan fingerprint density at radius 3 is 2.62 bits per heavy atom. The lowest BCUT2D eigenvalue weighted by atomic mass is 10.1. The van der Waals surface area contributed by atoms with Crippen LogP contribution >= 0.6 is 11.6 Å². The molecule has 1 saturated heterocycles. The molecule has 156 valence electrons. The lowest BCUT2D eigenvalue weighted by Crippen LogP contribution is -2.43. The summed E-state index contributed by atoms with van der Waals surface area (Å²) in [6.45, 7) is 5.25. The molecule has 1 amide bonds. The Labute approximate surface area is 173 Å². The fraction of sp³-hybridized carbons (Fsp3) is 0.450. The number of likely N-dealkylation sites (tertiary alicyclic amines) is 1. The van der Waals surface area contributed by atoms with Crippen molar-refractivity contribution in [2.75, 3.05) is 13.7 Å². The number of hydrogen-bond acceptors (Lipinski definition) is 6. The molecule has 1 N–H and O–H groups in total. The van der Waals surface area contributed by atoms with Crippen molar-refractivity contribution in [1.29, 1.82) is 0 Å². The van der Waals surface area contributed by atoms with Gasteiger partial charge in [0.15, 0.2) is 11.5 Å². The van der Waals surface area contributed by atoms with E-state index in [1.165, 1.54) is 12.0 Å². The maximum atomic E-state index is 12.5. The topological polar surface area (TPSA) is 98.2 Å². The quantitative estimate of drug-likeness (QED) is 0.749. The lowest BCUT2D eigenvalue weighted by molar-refractivity contribution is -0.142. The Bertz CT molecular complexity index is 942. The van der Waals surface area contributed by atoms with Crippen molar-refractivity contribution in [2.45, 2.75) is 44.9 Å². The molecule has 0 spiro atoms. The van der Waals surface area contributed by atoms with Crippen molar-refractivity contribution in [1.82, 2.24) is 9.88 Å². The maximum absolute atomic E-state index is 12.5. The highest BCUT2D eigenvalue weighted by molar-refractivity contribution is 6.34. The van der Waals surface area contributed by atoms with Crippen molar-refractivity contribution < 1.29 is 28.9 Å². The van der Waals surface area contributed by atoms with Crippen LogP contribution in [0.15, 0.2) is 24.4 Å². The van der Waals surface area contributed by atoms with Crippen molar-refractivity contribution in [2.24, 2.45) is 0 Å². The van der Waals surface area contributed by atoms with Crippen molar-refractivity contribution in [3.8, 4) is 11.5 Å². The van der Waals surface area contributed by atoms with E-state index in [4.69, 9.17) is 25.8 Å². The standard InChI is InChI=1S/C20H23ClN2O6/c1-20(2,3)29-19(26)23-10-12(8-14(23)18(24)25)28-16-9-13-11(7-15(16)27-4)5-6-22-17(13)21/h5-7,9,12,14H,8,10H2,1-4H3,(H,24,25). The molecule has 0 radical (unpaired) electrons. The van der Waals surface area contributed by atoms with E-state index in [9.17, 15) is 14.7 Å². The zero-order valence-corrected chi connectivity index (χ0v) is 17.4. The number of amides is 1. The normalized spacial score (nSPS) is 19.3. The monoisotopic (exact) mass is 422 g/mol.